The number of carbonyl (C=O) groups excluding carboxylic acids is 2. The van der Waals surface area contributed by atoms with Gasteiger partial charge in [-0.25, -0.2) is 0 Å². The molecule has 2 amide bonds. The molecule has 0 saturated carbocycles. The Kier molecular flexibility index (Phi) is 6.05. The van der Waals surface area contributed by atoms with Gasteiger partial charge < -0.3 is 14.6 Å². The fourth-order valence-corrected chi connectivity index (χ4v) is 5.73. The van der Waals surface area contributed by atoms with Crippen molar-refractivity contribution in [1.29, 1.82) is 0 Å². The summed E-state index contributed by atoms with van der Waals surface area (Å²) < 4.78 is 6.84. The van der Waals surface area contributed by atoms with Gasteiger partial charge in [0, 0.05) is 45.5 Å². The molecule has 1 N–H and O–H groups in total. The van der Waals surface area contributed by atoms with Crippen LogP contribution in [-0.2, 0) is 17.8 Å². The van der Waals surface area contributed by atoms with Crippen LogP contribution in [0.2, 0.25) is 0 Å². The lowest BCUT2D eigenvalue weighted by molar-refractivity contribution is -0.117. The summed E-state index contributed by atoms with van der Waals surface area (Å²) in [6.07, 6.45) is 0.843. The van der Waals surface area contributed by atoms with Crippen molar-refractivity contribution in [2.75, 3.05) is 5.32 Å². The molecule has 37 heavy (non-hydrogen) atoms. The predicted molar refractivity (Wildman–Crippen MR) is 150 cm³/mol. The van der Waals surface area contributed by atoms with E-state index in [1.54, 1.807) is 0 Å². The average molecular weight is 553 g/mol. The van der Waals surface area contributed by atoms with Crippen LogP contribution < -0.4 is 5.32 Å². The minimum Gasteiger partial charge on any atom is -0.456 e. The quantitative estimate of drug-likeness (QED) is 0.255. The first kappa shape index (κ1) is 23.5. The largest absolute Gasteiger partial charge is 0.456 e. The first-order chi connectivity index (χ1) is 18.0. The molecule has 4 aromatic carbocycles. The van der Waals surface area contributed by atoms with Gasteiger partial charge >= 0.3 is 0 Å². The van der Waals surface area contributed by atoms with E-state index < -0.39 is 0 Å². The van der Waals surface area contributed by atoms with E-state index >= 15 is 0 Å². The van der Waals surface area contributed by atoms with Crippen LogP contribution in [0.3, 0.4) is 0 Å². The smallest absolute Gasteiger partial charge is 0.254 e. The van der Waals surface area contributed by atoms with E-state index in [1.165, 1.54) is 5.56 Å². The molecule has 0 fully saturated rings. The van der Waals surface area contributed by atoms with Crippen molar-refractivity contribution in [1.82, 2.24) is 4.90 Å². The van der Waals surface area contributed by atoms with Crippen LogP contribution in [0.1, 0.15) is 33.5 Å². The number of fused-ring (bicyclic) bond motifs is 4. The lowest BCUT2D eigenvalue weighted by atomic mass is 9.91. The van der Waals surface area contributed by atoms with E-state index in [2.05, 4.69) is 33.4 Å². The van der Waals surface area contributed by atoms with Gasteiger partial charge in [-0.15, -0.1) is 0 Å². The maximum absolute atomic E-state index is 13.7. The second-order valence-electron chi connectivity index (χ2n) is 9.58. The number of amides is 2. The summed E-state index contributed by atoms with van der Waals surface area (Å²) in [7, 11) is 0. The molecule has 0 unspecified atom stereocenters. The number of rotatable bonds is 4. The normalized spacial score (nSPS) is 15.1. The van der Waals surface area contributed by atoms with Crippen LogP contribution in [0.25, 0.3) is 21.9 Å². The first-order valence-corrected chi connectivity index (χ1v) is 13.1. The van der Waals surface area contributed by atoms with Crippen LogP contribution in [0, 0.1) is 6.92 Å². The number of hydrogen-bond acceptors (Lipinski definition) is 3. The van der Waals surface area contributed by atoms with E-state index in [9.17, 15) is 9.59 Å². The Morgan fingerprint density at radius 3 is 2.51 bits per heavy atom. The highest BCUT2D eigenvalue weighted by Crippen LogP contribution is 2.31. The third-order valence-corrected chi connectivity index (χ3v) is 7.61. The number of aryl methyl sites for hydroxylation is 1. The fraction of sp³-hybridized carbons (Fsp3) is 0.161. The Bertz CT molecular complexity index is 1670. The lowest BCUT2D eigenvalue weighted by Crippen LogP contribution is -2.46. The third-order valence-electron chi connectivity index (χ3n) is 7.12. The molecule has 2 heterocycles. The summed E-state index contributed by atoms with van der Waals surface area (Å²) in [6, 6.07) is 27.1. The molecule has 0 bridgehead atoms. The molecule has 0 spiro atoms. The molecule has 0 aliphatic carbocycles. The molecule has 0 radical (unpaired) electrons. The topological polar surface area (TPSA) is 62.6 Å². The van der Waals surface area contributed by atoms with Crippen molar-refractivity contribution in [3.8, 4) is 0 Å². The highest BCUT2D eigenvalue weighted by atomic mass is 79.9. The fourth-order valence-electron chi connectivity index (χ4n) is 5.26. The van der Waals surface area contributed by atoms with Crippen molar-refractivity contribution >= 4 is 55.4 Å². The molecular weight excluding hydrogens is 528 g/mol. The Balaban J connectivity index is 1.26. The number of carbonyl (C=O) groups is 2. The molecule has 0 saturated heterocycles. The van der Waals surface area contributed by atoms with Gasteiger partial charge in [0.1, 0.15) is 11.2 Å². The van der Waals surface area contributed by atoms with Crippen LogP contribution in [-0.4, -0.2) is 22.8 Å². The van der Waals surface area contributed by atoms with Gasteiger partial charge in [-0.3, -0.25) is 9.59 Å². The van der Waals surface area contributed by atoms with Gasteiger partial charge in [-0.2, -0.15) is 0 Å². The van der Waals surface area contributed by atoms with Crippen molar-refractivity contribution in [3.63, 3.8) is 0 Å². The molecule has 1 aliphatic rings. The van der Waals surface area contributed by atoms with Gasteiger partial charge in [0.05, 0.1) is 0 Å². The van der Waals surface area contributed by atoms with E-state index in [0.29, 0.717) is 24.2 Å². The minimum atomic E-state index is -0.246. The number of nitrogens with zero attached hydrogens (tertiary/aromatic N) is 1. The van der Waals surface area contributed by atoms with Gasteiger partial charge in [0.15, 0.2) is 0 Å². The Morgan fingerprint density at radius 2 is 1.68 bits per heavy atom. The van der Waals surface area contributed by atoms with Gasteiger partial charge in [-0.1, -0.05) is 58.4 Å². The second kappa shape index (κ2) is 9.52. The van der Waals surface area contributed by atoms with E-state index in [1.807, 2.05) is 84.6 Å². The van der Waals surface area contributed by atoms with Crippen molar-refractivity contribution in [2.24, 2.45) is 0 Å². The summed E-state index contributed by atoms with van der Waals surface area (Å²) >= 11 is 3.48. The standard InChI is InChI=1S/C31H25BrN2O3/c1-19-14-22(32)10-12-25(19)31(36)34-18-21-7-3-2-6-20(21)15-24(34)17-30(35)33-23-11-13-29-27(16-23)26-8-4-5-9-28(26)37-29/h2-14,16,24H,15,17-18H2,1H3,(H,33,35)/t24-/m1/s1. The van der Waals surface area contributed by atoms with E-state index in [4.69, 9.17) is 4.42 Å². The summed E-state index contributed by atoms with van der Waals surface area (Å²) in [5.41, 5.74) is 6.18. The van der Waals surface area contributed by atoms with Gasteiger partial charge in [-0.05, 0) is 72.5 Å². The summed E-state index contributed by atoms with van der Waals surface area (Å²) in [6.45, 7) is 2.42. The number of anilines is 1. The minimum absolute atomic E-state index is 0.0522. The van der Waals surface area contributed by atoms with Crippen LogP contribution in [0.15, 0.2) is 93.8 Å². The number of hydrogen-bond donors (Lipinski definition) is 1. The summed E-state index contributed by atoms with van der Waals surface area (Å²) in [4.78, 5) is 28.8. The monoisotopic (exact) mass is 552 g/mol. The molecule has 6 rings (SSSR count). The maximum atomic E-state index is 13.7. The summed E-state index contributed by atoms with van der Waals surface area (Å²) in [5.74, 6) is -0.176. The highest BCUT2D eigenvalue weighted by molar-refractivity contribution is 9.10. The number of para-hydroxylation sites is 1. The molecule has 1 aromatic heterocycles. The third kappa shape index (κ3) is 4.53. The molecule has 6 heteroatoms. The van der Waals surface area contributed by atoms with Crippen molar-refractivity contribution in [2.45, 2.75) is 32.4 Å². The zero-order valence-corrected chi connectivity index (χ0v) is 21.9. The Labute approximate surface area is 223 Å². The number of nitrogens with one attached hydrogen (secondary N) is 1. The molecule has 5 aromatic rings. The zero-order valence-electron chi connectivity index (χ0n) is 20.3. The van der Waals surface area contributed by atoms with Crippen LogP contribution in [0.5, 0.6) is 0 Å². The van der Waals surface area contributed by atoms with Gasteiger partial charge in [0.2, 0.25) is 5.91 Å². The molecule has 1 aliphatic heterocycles. The Morgan fingerprint density at radius 1 is 0.919 bits per heavy atom. The maximum Gasteiger partial charge on any atom is 0.254 e. The number of furan rings is 1. The Hall–Kier alpha value is -3.90. The first-order valence-electron chi connectivity index (χ1n) is 12.3. The van der Waals surface area contributed by atoms with Crippen LogP contribution >= 0.6 is 15.9 Å². The van der Waals surface area contributed by atoms with Gasteiger partial charge in [0.25, 0.3) is 5.91 Å². The number of halogens is 1. The molecule has 184 valence electrons. The van der Waals surface area contributed by atoms with E-state index in [-0.39, 0.29) is 24.3 Å². The average Bonchev–Trinajstić information content (AvgIpc) is 3.26. The van der Waals surface area contributed by atoms with Crippen molar-refractivity contribution in [3.05, 3.63) is 112 Å². The molecular formula is C31H25BrN2O3. The highest BCUT2D eigenvalue weighted by Gasteiger charge is 2.32. The molecule has 5 nitrogen and oxygen atoms in total. The number of benzene rings is 4. The van der Waals surface area contributed by atoms with E-state index in [0.717, 1.165) is 37.5 Å². The summed E-state index contributed by atoms with van der Waals surface area (Å²) in [5, 5.41) is 5.03. The van der Waals surface area contributed by atoms with Crippen molar-refractivity contribution < 1.29 is 14.0 Å². The second-order valence-corrected chi connectivity index (χ2v) is 10.5. The zero-order chi connectivity index (χ0) is 25.5. The molecule has 1 atom stereocenters. The van der Waals surface area contributed by atoms with Crippen LogP contribution in [0.4, 0.5) is 5.69 Å². The SMILES string of the molecule is Cc1cc(Br)ccc1C(=O)N1Cc2ccccc2C[C@@H]1CC(=O)Nc1ccc2oc3ccccc3c2c1. The lowest BCUT2D eigenvalue weighted by Gasteiger charge is -2.37. The predicted octanol–water partition coefficient (Wildman–Crippen LogP) is 7.25.